The minimum Gasteiger partial charge on any atom is -0.283 e. The summed E-state index contributed by atoms with van der Waals surface area (Å²) in [7, 11) is -3.67. The van der Waals surface area contributed by atoms with E-state index in [0.29, 0.717) is 31.1 Å². The quantitative estimate of drug-likeness (QED) is 0.335. The Morgan fingerprint density at radius 3 is 2.50 bits per heavy atom. The number of benzene rings is 3. The van der Waals surface area contributed by atoms with Gasteiger partial charge in [-0.1, -0.05) is 65.4 Å². The van der Waals surface area contributed by atoms with Gasteiger partial charge in [0.05, 0.1) is 27.6 Å². The van der Waals surface area contributed by atoms with Crippen molar-refractivity contribution in [2.45, 2.75) is 38.1 Å². The van der Waals surface area contributed by atoms with Crippen LogP contribution in [0.25, 0.3) is 10.2 Å². The second-order valence-corrected chi connectivity index (χ2v) is 12.3. The minimum atomic E-state index is -3.67. The molecule has 1 atom stereocenters. The lowest BCUT2D eigenvalue weighted by Crippen LogP contribution is -2.46. The van der Waals surface area contributed by atoms with Crippen LogP contribution in [0.5, 0.6) is 0 Å². The third-order valence-electron chi connectivity index (χ3n) is 6.61. The topological polar surface area (TPSA) is 70.6 Å². The molecule has 0 N–H and O–H groups in total. The van der Waals surface area contributed by atoms with Gasteiger partial charge in [0.25, 0.3) is 0 Å². The fourth-order valence-corrected chi connectivity index (χ4v) is 7.18. The first kappa shape index (κ1) is 24.6. The fraction of sp³-hybridized carbons (Fsp3) is 0.286. The Balaban J connectivity index is 1.44. The number of thiazole rings is 1. The number of carbonyl (C=O) groups excluding carboxylic acids is 1. The third-order valence-corrected chi connectivity index (χ3v) is 9.53. The molecule has 36 heavy (non-hydrogen) atoms. The van der Waals surface area contributed by atoms with Crippen LogP contribution in [0.1, 0.15) is 29.5 Å². The second kappa shape index (κ2) is 10.1. The smallest absolute Gasteiger partial charge is 0.243 e. The molecule has 1 aliphatic rings. The number of hydrogen-bond acceptors (Lipinski definition) is 5. The number of rotatable bonds is 6. The summed E-state index contributed by atoms with van der Waals surface area (Å²) < 4.78 is 29.2. The fourth-order valence-electron chi connectivity index (χ4n) is 4.58. The molecule has 0 spiro atoms. The highest BCUT2D eigenvalue weighted by Gasteiger charge is 2.36. The maximum Gasteiger partial charge on any atom is 0.243 e. The van der Waals surface area contributed by atoms with E-state index >= 15 is 0 Å². The molecule has 186 valence electrons. The number of amides is 1. The van der Waals surface area contributed by atoms with Crippen molar-refractivity contribution in [3.8, 4) is 0 Å². The summed E-state index contributed by atoms with van der Waals surface area (Å²) in [5, 5.41) is 0.642. The molecule has 1 saturated heterocycles. The predicted molar refractivity (Wildman–Crippen MR) is 145 cm³/mol. The molecule has 4 aromatic rings. The van der Waals surface area contributed by atoms with Crippen LogP contribution in [-0.4, -0.2) is 36.7 Å². The van der Waals surface area contributed by atoms with Crippen LogP contribution in [0.4, 0.5) is 5.13 Å². The maximum absolute atomic E-state index is 14.0. The molecule has 1 amide bonds. The van der Waals surface area contributed by atoms with Crippen LogP contribution in [0.3, 0.4) is 0 Å². The molecule has 0 bridgehead atoms. The summed E-state index contributed by atoms with van der Waals surface area (Å²) in [6.45, 7) is 4.94. The zero-order chi connectivity index (χ0) is 25.3. The lowest BCUT2D eigenvalue weighted by Gasteiger charge is -2.33. The molecule has 2 heterocycles. The molecule has 6 nitrogen and oxygen atoms in total. The Kier molecular flexibility index (Phi) is 6.92. The predicted octanol–water partition coefficient (Wildman–Crippen LogP) is 5.55. The highest BCUT2D eigenvalue weighted by Crippen LogP contribution is 2.33. The first-order valence-corrected chi connectivity index (χ1v) is 14.4. The van der Waals surface area contributed by atoms with Crippen molar-refractivity contribution < 1.29 is 13.2 Å². The number of nitrogens with zero attached hydrogens (tertiary/aromatic N) is 3. The Hall–Kier alpha value is -3.07. The molecule has 1 fully saturated rings. The molecule has 1 aromatic heterocycles. The van der Waals surface area contributed by atoms with Crippen molar-refractivity contribution in [3.63, 3.8) is 0 Å². The lowest BCUT2D eigenvalue weighted by molar-refractivity contribution is -0.123. The Morgan fingerprint density at radius 2 is 1.75 bits per heavy atom. The van der Waals surface area contributed by atoms with Crippen molar-refractivity contribution in [1.29, 1.82) is 0 Å². The first-order chi connectivity index (χ1) is 17.3. The number of carbonyl (C=O) groups is 1. The minimum absolute atomic E-state index is 0.0848. The van der Waals surface area contributed by atoms with Crippen LogP contribution >= 0.6 is 11.3 Å². The zero-order valence-electron chi connectivity index (χ0n) is 20.4. The summed E-state index contributed by atoms with van der Waals surface area (Å²) >= 11 is 1.50. The molecule has 0 radical (unpaired) electrons. The van der Waals surface area contributed by atoms with E-state index in [9.17, 15) is 13.2 Å². The van der Waals surface area contributed by atoms with Crippen molar-refractivity contribution in [2.75, 3.05) is 18.0 Å². The zero-order valence-corrected chi connectivity index (χ0v) is 22.1. The first-order valence-electron chi connectivity index (χ1n) is 12.1. The number of aromatic nitrogens is 1. The van der Waals surface area contributed by atoms with E-state index in [1.165, 1.54) is 15.6 Å². The summed E-state index contributed by atoms with van der Waals surface area (Å²) in [6.07, 6.45) is 1.29. The van der Waals surface area contributed by atoms with Crippen molar-refractivity contribution in [3.05, 3.63) is 89.5 Å². The molecule has 0 saturated carbocycles. The average Bonchev–Trinajstić information content (AvgIpc) is 3.31. The highest BCUT2D eigenvalue weighted by molar-refractivity contribution is 7.89. The third kappa shape index (κ3) is 5.07. The Morgan fingerprint density at radius 1 is 1.03 bits per heavy atom. The molecule has 8 heteroatoms. The Labute approximate surface area is 216 Å². The van der Waals surface area contributed by atoms with Crippen LogP contribution < -0.4 is 4.90 Å². The van der Waals surface area contributed by atoms with E-state index in [1.807, 2.05) is 56.3 Å². The SMILES string of the molecule is Cc1ccc(S(=O)(=O)N2CCCC(C(=O)N(Cc3ccccc3)c3nc4ccc(C)cc4s3)C2)cc1. The molecular weight excluding hydrogens is 490 g/mol. The summed E-state index contributed by atoms with van der Waals surface area (Å²) in [5.41, 5.74) is 4.01. The van der Waals surface area contributed by atoms with E-state index in [0.717, 1.165) is 26.9 Å². The Bertz CT molecular complexity index is 1480. The van der Waals surface area contributed by atoms with Gasteiger partial charge in [-0.3, -0.25) is 9.69 Å². The standard InChI is InChI=1S/C28H29N3O3S2/c1-20-10-13-24(14-11-20)36(33,34)30-16-6-9-23(19-30)27(32)31(18-22-7-4-3-5-8-22)28-29-25-15-12-21(2)17-26(25)35-28/h3-5,7-8,10-15,17,23H,6,9,16,18-19H2,1-2H3. The summed E-state index contributed by atoms with van der Waals surface area (Å²) in [6, 6.07) is 22.8. The van der Waals surface area contributed by atoms with Gasteiger partial charge in [-0.25, -0.2) is 13.4 Å². The van der Waals surface area contributed by atoms with Crippen molar-refractivity contribution in [2.24, 2.45) is 5.92 Å². The van der Waals surface area contributed by atoms with Gasteiger partial charge in [-0.05, 0) is 62.1 Å². The van der Waals surface area contributed by atoms with E-state index in [-0.39, 0.29) is 17.3 Å². The van der Waals surface area contributed by atoms with Gasteiger partial charge < -0.3 is 0 Å². The van der Waals surface area contributed by atoms with Crippen molar-refractivity contribution in [1.82, 2.24) is 9.29 Å². The average molecular weight is 520 g/mol. The number of aryl methyl sites for hydroxylation is 2. The molecule has 1 aliphatic heterocycles. The highest BCUT2D eigenvalue weighted by atomic mass is 32.2. The normalized spacial score (nSPS) is 16.8. The van der Waals surface area contributed by atoms with Crippen molar-refractivity contribution >= 4 is 42.6 Å². The van der Waals surface area contributed by atoms with Crippen LogP contribution in [-0.2, 0) is 21.4 Å². The maximum atomic E-state index is 14.0. The van der Waals surface area contributed by atoms with Crippen LogP contribution in [0, 0.1) is 19.8 Å². The second-order valence-electron chi connectivity index (χ2n) is 9.39. The van der Waals surface area contributed by atoms with E-state index in [4.69, 9.17) is 4.98 Å². The van der Waals surface area contributed by atoms with Gasteiger partial charge in [0, 0.05) is 13.1 Å². The number of hydrogen-bond donors (Lipinski definition) is 0. The van der Waals surface area contributed by atoms with Gasteiger partial charge in [0.15, 0.2) is 5.13 Å². The van der Waals surface area contributed by atoms with Gasteiger partial charge in [0.1, 0.15) is 0 Å². The van der Waals surface area contributed by atoms with E-state index in [2.05, 4.69) is 6.07 Å². The van der Waals surface area contributed by atoms with E-state index < -0.39 is 15.9 Å². The molecule has 3 aromatic carbocycles. The summed E-state index contributed by atoms with van der Waals surface area (Å²) in [5.74, 6) is -0.519. The number of piperidine rings is 1. The van der Waals surface area contributed by atoms with Crippen LogP contribution in [0.15, 0.2) is 77.7 Å². The molecule has 0 aliphatic carbocycles. The van der Waals surface area contributed by atoms with Gasteiger partial charge in [-0.2, -0.15) is 4.31 Å². The van der Waals surface area contributed by atoms with Gasteiger partial charge in [-0.15, -0.1) is 0 Å². The van der Waals surface area contributed by atoms with Gasteiger partial charge >= 0.3 is 0 Å². The molecule has 5 rings (SSSR count). The monoisotopic (exact) mass is 519 g/mol. The number of anilines is 1. The molecular formula is C28H29N3O3S2. The number of fused-ring (bicyclic) bond motifs is 1. The van der Waals surface area contributed by atoms with E-state index in [1.54, 1.807) is 29.2 Å². The largest absolute Gasteiger partial charge is 0.283 e. The summed E-state index contributed by atoms with van der Waals surface area (Å²) in [4.78, 5) is 20.8. The van der Waals surface area contributed by atoms with Crippen LogP contribution in [0.2, 0.25) is 0 Å². The number of sulfonamides is 1. The lowest BCUT2D eigenvalue weighted by atomic mass is 9.98. The van der Waals surface area contributed by atoms with Gasteiger partial charge in [0.2, 0.25) is 15.9 Å². The molecule has 1 unspecified atom stereocenters.